The number of morpholine rings is 1. The third-order valence-corrected chi connectivity index (χ3v) is 4.62. The third-order valence-electron chi connectivity index (χ3n) is 4.62. The van der Waals surface area contributed by atoms with Crippen LogP contribution in [0.5, 0.6) is 0 Å². The third kappa shape index (κ3) is 4.07. The summed E-state index contributed by atoms with van der Waals surface area (Å²) in [5.74, 6) is -0.487. The Morgan fingerprint density at radius 3 is 3.00 bits per heavy atom. The van der Waals surface area contributed by atoms with E-state index in [1.165, 1.54) is 6.07 Å². The van der Waals surface area contributed by atoms with Crippen molar-refractivity contribution in [2.45, 2.75) is 37.5 Å². The van der Waals surface area contributed by atoms with Gasteiger partial charge in [0, 0.05) is 31.8 Å². The molecule has 2 aliphatic rings. The molecule has 2 aliphatic heterocycles. The molecule has 2 fully saturated rings. The number of benzene rings is 1. The fourth-order valence-electron chi connectivity index (χ4n) is 3.46. The number of aliphatic hydroxyl groups excluding tert-OH is 1. The molecule has 3 atom stereocenters. The summed E-state index contributed by atoms with van der Waals surface area (Å²) in [6.45, 7) is 2.36. The fourth-order valence-corrected chi connectivity index (χ4v) is 3.46. The molecule has 3 rings (SSSR count). The lowest BCUT2D eigenvalue weighted by Gasteiger charge is -2.34. The van der Waals surface area contributed by atoms with Crippen LogP contribution < -0.4 is 5.32 Å². The van der Waals surface area contributed by atoms with Gasteiger partial charge in [-0.1, -0.05) is 18.2 Å². The van der Waals surface area contributed by atoms with Crippen LogP contribution in [0.2, 0.25) is 0 Å². The number of hydrogen-bond acceptors (Lipinski definition) is 4. The van der Waals surface area contributed by atoms with Gasteiger partial charge < -0.3 is 15.2 Å². The van der Waals surface area contributed by atoms with Crippen LogP contribution in [0.4, 0.5) is 4.39 Å². The summed E-state index contributed by atoms with van der Waals surface area (Å²) in [6, 6.07) is 6.77. The van der Waals surface area contributed by atoms with E-state index in [2.05, 4.69) is 10.2 Å². The SMILES string of the molecule is O=C(Cc1ccccc1F)N[C@@H]1C[C@H]2CO[C@@H](CCO)CN2C1. The van der Waals surface area contributed by atoms with E-state index in [-0.39, 0.29) is 36.9 Å². The lowest BCUT2D eigenvalue weighted by Crippen LogP contribution is -2.46. The smallest absolute Gasteiger partial charge is 0.224 e. The summed E-state index contributed by atoms with van der Waals surface area (Å²) in [7, 11) is 0. The van der Waals surface area contributed by atoms with Crippen LogP contribution >= 0.6 is 0 Å². The molecule has 1 aromatic rings. The Balaban J connectivity index is 1.50. The van der Waals surface area contributed by atoms with E-state index < -0.39 is 0 Å². The molecule has 6 heteroatoms. The first-order valence-corrected chi connectivity index (χ1v) is 8.15. The zero-order valence-corrected chi connectivity index (χ0v) is 13.1. The molecule has 2 heterocycles. The van der Waals surface area contributed by atoms with Gasteiger partial charge in [0.15, 0.2) is 0 Å². The molecule has 0 aromatic heterocycles. The first-order valence-electron chi connectivity index (χ1n) is 8.15. The van der Waals surface area contributed by atoms with Crippen LogP contribution in [-0.4, -0.2) is 60.4 Å². The quantitative estimate of drug-likeness (QED) is 0.838. The largest absolute Gasteiger partial charge is 0.396 e. The lowest BCUT2D eigenvalue weighted by molar-refractivity contribution is -0.121. The zero-order valence-electron chi connectivity index (χ0n) is 13.1. The minimum atomic E-state index is -0.341. The predicted molar refractivity (Wildman–Crippen MR) is 83.5 cm³/mol. The molecule has 1 amide bonds. The van der Waals surface area contributed by atoms with Gasteiger partial charge >= 0.3 is 0 Å². The van der Waals surface area contributed by atoms with E-state index in [1.807, 2.05) is 0 Å². The standard InChI is InChI=1S/C17H23FN2O3/c18-16-4-2-1-3-12(16)7-17(22)19-13-8-14-11-23-15(5-6-21)10-20(14)9-13/h1-4,13-15,21H,5-11H2,(H,19,22)/t13-,14+,15+/m1/s1. The topological polar surface area (TPSA) is 61.8 Å². The Kier molecular flexibility index (Phi) is 5.25. The second-order valence-corrected chi connectivity index (χ2v) is 6.34. The van der Waals surface area contributed by atoms with Gasteiger partial charge in [0.2, 0.25) is 5.91 Å². The van der Waals surface area contributed by atoms with Crippen LogP contribution in [0.3, 0.4) is 0 Å². The van der Waals surface area contributed by atoms with Crippen LogP contribution in [0, 0.1) is 5.82 Å². The highest BCUT2D eigenvalue weighted by molar-refractivity contribution is 5.79. The molecule has 0 radical (unpaired) electrons. The van der Waals surface area contributed by atoms with Gasteiger partial charge in [-0.2, -0.15) is 0 Å². The molecule has 1 aromatic carbocycles. The first kappa shape index (κ1) is 16.4. The Morgan fingerprint density at radius 2 is 2.22 bits per heavy atom. The van der Waals surface area contributed by atoms with E-state index in [0.29, 0.717) is 24.6 Å². The predicted octanol–water partition coefficient (Wildman–Crippen LogP) is 0.708. The van der Waals surface area contributed by atoms with Gasteiger partial charge in [-0.05, 0) is 24.5 Å². The van der Waals surface area contributed by atoms with Crippen molar-refractivity contribution in [1.29, 1.82) is 0 Å². The van der Waals surface area contributed by atoms with Crippen molar-refractivity contribution < 1.29 is 19.0 Å². The highest BCUT2D eigenvalue weighted by Gasteiger charge is 2.37. The molecule has 0 bridgehead atoms. The van der Waals surface area contributed by atoms with Gasteiger partial charge in [0.25, 0.3) is 0 Å². The zero-order chi connectivity index (χ0) is 16.2. The maximum absolute atomic E-state index is 13.6. The van der Waals surface area contributed by atoms with E-state index in [0.717, 1.165) is 19.5 Å². The normalized spacial score (nSPS) is 27.7. The average molecular weight is 322 g/mol. The van der Waals surface area contributed by atoms with Gasteiger partial charge in [0.05, 0.1) is 19.1 Å². The number of fused-ring (bicyclic) bond motifs is 1. The van der Waals surface area contributed by atoms with Crippen molar-refractivity contribution in [2.75, 3.05) is 26.3 Å². The summed E-state index contributed by atoms with van der Waals surface area (Å²) in [5.41, 5.74) is 0.423. The number of carbonyl (C=O) groups is 1. The second kappa shape index (κ2) is 7.38. The van der Waals surface area contributed by atoms with Gasteiger partial charge in [-0.15, -0.1) is 0 Å². The number of nitrogens with one attached hydrogen (secondary N) is 1. The summed E-state index contributed by atoms with van der Waals surface area (Å²) in [6.07, 6.45) is 1.64. The summed E-state index contributed by atoms with van der Waals surface area (Å²) in [4.78, 5) is 14.4. The minimum absolute atomic E-state index is 0.0669. The second-order valence-electron chi connectivity index (χ2n) is 6.34. The summed E-state index contributed by atoms with van der Waals surface area (Å²) in [5, 5.41) is 12.0. The number of carbonyl (C=O) groups excluding carboxylic acids is 1. The monoisotopic (exact) mass is 322 g/mol. The van der Waals surface area contributed by atoms with Gasteiger partial charge in [0.1, 0.15) is 5.82 Å². The fraction of sp³-hybridized carbons (Fsp3) is 0.588. The lowest BCUT2D eigenvalue weighted by atomic mass is 10.1. The Labute approximate surface area is 135 Å². The highest BCUT2D eigenvalue weighted by atomic mass is 19.1. The van der Waals surface area contributed by atoms with Gasteiger partial charge in [-0.25, -0.2) is 4.39 Å². The number of amides is 1. The van der Waals surface area contributed by atoms with Crippen molar-refractivity contribution >= 4 is 5.91 Å². The molecular formula is C17H23FN2O3. The van der Waals surface area contributed by atoms with E-state index in [9.17, 15) is 9.18 Å². The summed E-state index contributed by atoms with van der Waals surface area (Å²) < 4.78 is 19.3. The molecule has 2 saturated heterocycles. The van der Waals surface area contributed by atoms with Crippen molar-refractivity contribution in [3.05, 3.63) is 35.6 Å². The number of hydrogen-bond donors (Lipinski definition) is 2. The number of rotatable bonds is 5. The number of nitrogens with zero attached hydrogens (tertiary/aromatic N) is 1. The van der Waals surface area contributed by atoms with Crippen LogP contribution in [0.15, 0.2) is 24.3 Å². The molecule has 5 nitrogen and oxygen atoms in total. The first-order chi connectivity index (χ1) is 11.2. The molecule has 0 spiro atoms. The Morgan fingerprint density at radius 1 is 1.39 bits per heavy atom. The van der Waals surface area contributed by atoms with Crippen molar-refractivity contribution in [1.82, 2.24) is 10.2 Å². The number of aliphatic hydroxyl groups is 1. The Hall–Kier alpha value is -1.50. The number of ether oxygens (including phenoxy) is 1. The van der Waals surface area contributed by atoms with E-state index in [1.54, 1.807) is 18.2 Å². The van der Waals surface area contributed by atoms with E-state index >= 15 is 0 Å². The molecule has 0 saturated carbocycles. The minimum Gasteiger partial charge on any atom is -0.396 e. The maximum atomic E-state index is 13.6. The van der Waals surface area contributed by atoms with Crippen molar-refractivity contribution in [3.63, 3.8) is 0 Å². The molecule has 0 unspecified atom stereocenters. The molecular weight excluding hydrogens is 299 g/mol. The summed E-state index contributed by atoms with van der Waals surface area (Å²) >= 11 is 0. The number of halogens is 1. The maximum Gasteiger partial charge on any atom is 0.224 e. The van der Waals surface area contributed by atoms with Gasteiger partial charge in [-0.3, -0.25) is 9.69 Å². The van der Waals surface area contributed by atoms with Crippen LogP contribution in [0.1, 0.15) is 18.4 Å². The Bertz CT molecular complexity index is 554. The highest BCUT2D eigenvalue weighted by Crippen LogP contribution is 2.24. The molecule has 126 valence electrons. The van der Waals surface area contributed by atoms with Crippen LogP contribution in [0.25, 0.3) is 0 Å². The van der Waals surface area contributed by atoms with Crippen molar-refractivity contribution in [2.24, 2.45) is 0 Å². The van der Waals surface area contributed by atoms with E-state index in [4.69, 9.17) is 9.84 Å². The average Bonchev–Trinajstić information content (AvgIpc) is 2.91. The molecule has 0 aliphatic carbocycles. The van der Waals surface area contributed by atoms with Crippen LogP contribution in [-0.2, 0) is 16.0 Å². The molecule has 23 heavy (non-hydrogen) atoms. The molecule has 2 N–H and O–H groups in total. The van der Waals surface area contributed by atoms with Crippen molar-refractivity contribution in [3.8, 4) is 0 Å².